The summed E-state index contributed by atoms with van der Waals surface area (Å²) in [6, 6.07) is 1.81. The lowest BCUT2D eigenvalue weighted by Gasteiger charge is -2.05. The molecule has 0 N–H and O–H groups in total. The number of nitrogens with zero attached hydrogens (tertiary/aromatic N) is 4. The van der Waals surface area contributed by atoms with Crippen LogP contribution in [0.4, 0.5) is 0 Å². The summed E-state index contributed by atoms with van der Waals surface area (Å²) in [5.74, 6) is 0.0675. The lowest BCUT2D eigenvalue weighted by Crippen LogP contribution is -2.10. The number of Topliss-reactive ketones (excluding diaryl/α,β-unsaturated/α-hetero) is 1. The highest BCUT2D eigenvalue weighted by atomic mass is 16.1. The average Bonchev–Trinajstić information content (AvgIpc) is 2.74. The zero-order valence-electron chi connectivity index (χ0n) is 10.8. The van der Waals surface area contributed by atoms with Gasteiger partial charge in [0.25, 0.3) is 0 Å². The van der Waals surface area contributed by atoms with Crippen LogP contribution in [0.5, 0.6) is 0 Å². The number of aromatic nitrogens is 4. The number of hydrogen-bond acceptors (Lipinski definition) is 4. The minimum Gasteiger partial charge on any atom is -0.294 e. The Hall–Kier alpha value is -2.04. The van der Waals surface area contributed by atoms with E-state index in [0.29, 0.717) is 18.4 Å². The maximum Gasteiger partial charge on any atom is 0.169 e. The molecule has 5 nitrogen and oxygen atoms in total. The largest absolute Gasteiger partial charge is 0.294 e. The molecule has 2 rings (SSSR count). The Labute approximate surface area is 106 Å². The average molecular weight is 244 g/mol. The molecule has 0 aromatic carbocycles. The van der Waals surface area contributed by atoms with E-state index in [1.54, 1.807) is 10.9 Å². The van der Waals surface area contributed by atoms with E-state index in [-0.39, 0.29) is 5.78 Å². The van der Waals surface area contributed by atoms with Crippen LogP contribution in [0, 0.1) is 6.92 Å². The van der Waals surface area contributed by atoms with Gasteiger partial charge >= 0.3 is 0 Å². The van der Waals surface area contributed by atoms with Crippen molar-refractivity contribution in [1.82, 2.24) is 20.0 Å². The third-order valence-electron chi connectivity index (χ3n) is 2.75. The van der Waals surface area contributed by atoms with Crippen LogP contribution in [-0.4, -0.2) is 25.8 Å². The highest BCUT2D eigenvalue weighted by molar-refractivity contribution is 5.98. The van der Waals surface area contributed by atoms with E-state index in [2.05, 4.69) is 15.3 Å². The molecule has 94 valence electrons. The van der Waals surface area contributed by atoms with Crippen molar-refractivity contribution in [3.8, 4) is 0 Å². The standard InChI is InChI=1S/C13H16N4O/c1-4-12-11(5-9(2)15-16-12)13(18)6-10-7-14-17(3)8-10/h5,7-8H,4,6H2,1-3H3. The molecule has 2 heterocycles. The summed E-state index contributed by atoms with van der Waals surface area (Å²) >= 11 is 0. The molecule has 5 heteroatoms. The molecule has 18 heavy (non-hydrogen) atoms. The topological polar surface area (TPSA) is 60.7 Å². The van der Waals surface area contributed by atoms with Crippen molar-refractivity contribution in [2.75, 3.05) is 0 Å². The molecule has 2 aromatic heterocycles. The third kappa shape index (κ3) is 2.61. The van der Waals surface area contributed by atoms with Crippen LogP contribution in [0.25, 0.3) is 0 Å². The second-order valence-electron chi connectivity index (χ2n) is 4.32. The Morgan fingerprint density at radius 3 is 2.78 bits per heavy atom. The quantitative estimate of drug-likeness (QED) is 0.765. The predicted molar refractivity (Wildman–Crippen MR) is 67.4 cm³/mol. The highest BCUT2D eigenvalue weighted by Crippen LogP contribution is 2.11. The van der Waals surface area contributed by atoms with Crippen LogP contribution in [0.15, 0.2) is 18.5 Å². The number of ketones is 1. The van der Waals surface area contributed by atoms with E-state index in [0.717, 1.165) is 17.0 Å². The van der Waals surface area contributed by atoms with Crippen LogP contribution >= 0.6 is 0 Å². The molecule has 2 aromatic rings. The Balaban J connectivity index is 2.25. The minimum atomic E-state index is 0.0675. The SMILES string of the molecule is CCc1nnc(C)cc1C(=O)Cc1cnn(C)c1. The van der Waals surface area contributed by atoms with Gasteiger partial charge in [-0.05, 0) is 25.0 Å². The van der Waals surface area contributed by atoms with Gasteiger partial charge in [0.15, 0.2) is 5.78 Å². The molecule has 0 fully saturated rings. The molecule has 0 saturated carbocycles. The number of aryl methyl sites for hydroxylation is 3. The fourth-order valence-corrected chi connectivity index (χ4v) is 1.86. The number of carbonyl (C=O) groups is 1. The maximum atomic E-state index is 12.3. The Bertz CT molecular complexity index is 574. The van der Waals surface area contributed by atoms with Crippen LogP contribution < -0.4 is 0 Å². The van der Waals surface area contributed by atoms with Crippen molar-refractivity contribution < 1.29 is 4.79 Å². The second kappa shape index (κ2) is 5.08. The van der Waals surface area contributed by atoms with E-state index >= 15 is 0 Å². The minimum absolute atomic E-state index is 0.0675. The molecule has 0 radical (unpaired) electrons. The summed E-state index contributed by atoms with van der Waals surface area (Å²) in [6.07, 6.45) is 4.63. The molecule has 0 unspecified atom stereocenters. The van der Waals surface area contributed by atoms with Gasteiger partial charge in [0.05, 0.1) is 17.6 Å². The van der Waals surface area contributed by atoms with E-state index in [4.69, 9.17) is 0 Å². The molecular weight excluding hydrogens is 228 g/mol. The number of rotatable bonds is 4. The summed E-state index contributed by atoms with van der Waals surface area (Å²) in [5.41, 5.74) is 3.11. The Morgan fingerprint density at radius 2 is 2.17 bits per heavy atom. The molecule has 0 bridgehead atoms. The van der Waals surface area contributed by atoms with Crippen molar-refractivity contribution in [3.05, 3.63) is 41.0 Å². The van der Waals surface area contributed by atoms with Crippen molar-refractivity contribution in [1.29, 1.82) is 0 Å². The lowest BCUT2D eigenvalue weighted by molar-refractivity contribution is 0.0991. The van der Waals surface area contributed by atoms with E-state index in [1.807, 2.05) is 33.2 Å². The van der Waals surface area contributed by atoms with Gasteiger partial charge < -0.3 is 0 Å². The first-order valence-corrected chi connectivity index (χ1v) is 5.94. The fraction of sp³-hybridized carbons (Fsp3) is 0.385. The van der Waals surface area contributed by atoms with Crippen molar-refractivity contribution in [2.45, 2.75) is 26.7 Å². The van der Waals surface area contributed by atoms with Gasteiger partial charge in [-0.2, -0.15) is 15.3 Å². The molecule has 0 aliphatic rings. The molecular formula is C13H16N4O. The van der Waals surface area contributed by atoms with E-state index in [1.165, 1.54) is 0 Å². The molecule has 0 atom stereocenters. The molecule has 0 aliphatic carbocycles. The van der Waals surface area contributed by atoms with Gasteiger partial charge in [-0.25, -0.2) is 0 Å². The Morgan fingerprint density at radius 1 is 1.39 bits per heavy atom. The molecule has 0 saturated heterocycles. The Kier molecular flexibility index (Phi) is 3.50. The smallest absolute Gasteiger partial charge is 0.169 e. The monoisotopic (exact) mass is 244 g/mol. The summed E-state index contributed by atoms with van der Waals surface area (Å²) in [4.78, 5) is 12.3. The fourth-order valence-electron chi connectivity index (χ4n) is 1.86. The lowest BCUT2D eigenvalue weighted by atomic mass is 10.0. The third-order valence-corrected chi connectivity index (χ3v) is 2.75. The van der Waals surface area contributed by atoms with Crippen LogP contribution in [0.3, 0.4) is 0 Å². The van der Waals surface area contributed by atoms with Gasteiger partial charge in [0.1, 0.15) is 0 Å². The first-order valence-electron chi connectivity index (χ1n) is 5.94. The van der Waals surface area contributed by atoms with Gasteiger partial charge in [0.2, 0.25) is 0 Å². The molecule has 0 aliphatic heterocycles. The van der Waals surface area contributed by atoms with Crippen molar-refractivity contribution in [2.24, 2.45) is 7.05 Å². The van der Waals surface area contributed by atoms with Crippen LogP contribution in [-0.2, 0) is 19.9 Å². The summed E-state index contributed by atoms with van der Waals surface area (Å²) < 4.78 is 1.69. The van der Waals surface area contributed by atoms with E-state index in [9.17, 15) is 4.79 Å². The van der Waals surface area contributed by atoms with Gasteiger partial charge in [-0.1, -0.05) is 6.92 Å². The summed E-state index contributed by atoms with van der Waals surface area (Å²) in [7, 11) is 1.84. The van der Waals surface area contributed by atoms with Crippen molar-refractivity contribution in [3.63, 3.8) is 0 Å². The normalized spacial score (nSPS) is 10.6. The first kappa shape index (κ1) is 12.4. The second-order valence-corrected chi connectivity index (χ2v) is 4.32. The van der Waals surface area contributed by atoms with Crippen LogP contribution in [0.2, 0.25) is 0 Å². The van der Waals surface area contributed by atoms with Gasteiger partial charge in [-0.15, -0.1) is 0 Å². The number of hydrogen-bond donors (Lipinski definition) is 0. The first-order chi connectivity index (χ1) is 8.60. The van der Waals surface area contributed by atoms with Crippen LogP contribution in [0.1, 0.15) is 34.2 Å². The molecule has 0 amide bonds. The number of carbonyl (C=O) groups excluding carboxylic acids is 1. The summed E-state index contributed by atoms with van der Waals surface area (Å²) in [5, 5.41) is 12.1. The summed E-state index contributed by atoms with van der Waals surface area (Å²) in [6.45, 7) is 3.81. The van der Waals surface area contributed by atoms with E-state index < -0.39 is 0 Å². The highest BCUT2D eigenvalue weighted by Gasteiger charge is 2.14. The van der Waals surface area contributed by atoms with Gasteiger partial charge in [-0.3, -0.25) is 9.48 Å². The van der Waals surface area contributed by atoms with Gasteiger partial charge in [0, 0.05) is 25.2 Å². The zero-order chi connectivity index (χ0) is 13.1. The predicted octanol–water partition coefficient (Wildman–Crippen LogP) is 1.51. The van der Waals surface area contributed by atoms with Crippen molar-refractivity contribution >= 4 is 5.78 Å². The molecule has 0 spiro atoms. The maximum absolute atomic E-state index is 12.3. The zero-order valence-corrected chi connectivity index (χ0v) is 10.8.